The summed E-state index contributed by atoms with van der Waals surface area (Å²) in [5.41, 5.74) is 4.25. The topological polar surface area (TPSA) is 136 Å². The summed E-state index contributed by atoms with van der Waals surface area (Å²) in [6.07, 6.45) is 5.19. The number of allylic oxidation sites excluding steroid dienone is 1. The third-order valence-corrected chi connectivity index (χ3v) is 4.43. The number of aromatic hydroxyl groups is 1. The van der Waals surface area contributed by atoms with E-state index in [-0.39, 0.29) is 12.3 Å². The van der Waals surface area contributed by atoms with Crippen LogP contribution in [0.4, 0.5) is 0 Å². The zero-order valence-electron chi connectivity index (χ0n) is 16.3. The van der Waals surface area contributed by atoms with Crippen molar-refractivity contribution in [2.75, 3.05) is 5.43 Å². The molecule has 2 rings (SSSR count). The molecular formula is C20H26N4O5. The SMILES string of the molecule is CC(C)CC(C(=O)Nn1cc(O)[nH]c1=O)C(CC=Cc1ccccc1)C(=O)NO. The van der Waals surface area contributed by atoms with Crippen molar-refractivity contribution in [1.29, 1.82) is 0 Å². The lowest BCUT2D eigenvalue weighted by Gasteiger charge is -2.25. The van der Waals surface area contributed by atoms with Gasteiger partial charge in [0.25, 0.3) is 0 Å². The van der Waals surface area contributed by atoms with Gasteiger partial charge in [-0.3, -0.25) is 25.2 Å². The van der Waals surface area contributed by atoms with Gasteiger partial charge < -0.3 is 5.11 Å². The van der Waals surface area contributed by atoms with Crippen LogP contribution in [0.3, 0.4) is 0 Å². The van der Waals surface area contributed by atoms with Crippen molar-refractivity contribution in [2.24, 2.45) is 17.8 Å². The number of carbonyl (C=O) groups excluding carboxylic acids is 2. The number of hydrogen-bond donors (Lipinski definition) is 5. The van der Waals surface area contributed by atoms with Gasteiger partial charge in [-0.15, -0.1) is 0 Å². The summed E-state index contributed by atoms with van der Waals surface area (Å²) in [6, 6.07) is 9.47. The number of rotatable bonds is 9. The Bertz CT molecular complexity index is 901. The molecule has 0 spiro atoms. The van der Waals surface area contributed by atoms with E-state index in [1.54, 1.807) is 11.6 Å². The molecule has 9 nitrogen and oxygen atoms in total. The normalized spacial score (nSPS) is 13.4. The predicted molar refractivity (Wildman–Crippen MR) is 108 cm³/mol. The lowest BCUT2D eigenvalue weighted by molar-refractivity contribution is -0.139. The number of aromatic nitrogens is 2. The highest BCUT2D eigenvalue weighted by Crippen LogP contribution is 2.25. The van der Waals surface area contributed by atoms with Crippen molar-refractivity contribution in [3.05, 3.63) is 58.7 Å². The summed E-state index contributed by atoms with van der Waals surface area (Å²) < 4.78 is 0.818. The molecule has 2 atom stereocenters. The van der Waals surface area contributed by atoms with Crippen LogP contribution in [0.5, 0.6) is 5.88 Å². The molecule has 0 aliphatic heterocycles. The Morgan fingerprint density at radius 3 is 2.41 bits per heavy atom. The zero-order valence-corrected chi connectivity index (χ0v) is 16.3. The van der Waals surface area contributed by atoms with Gasteiger partial charge in [-0.2, -0.15) is 0 Å². The number of aromatic amines is 1. The minimum absolute atomic E-state index is 0.0780. The fourth-order valence-electron chi connectivity index (χ4n) is 3.08. The summed E-state index contributed by atoms with van der Waals surface area (Å²) in [4.78, 5) is 39.0. The fourth-order valence-corrected chi connectivity index (χ4v) is 3.08. The second-order valence-corrected chi connectivity index (χ2v) is 7.16. The maximum absolute atomic E-state index is 12.9. The lowest BCUT2D eigenvalue weighted by Crippen LogP contribution is -2.42. The number of nitrogens with zero attached hydrogens (tertiary/aromatic N) is 1. The standard InChI is InChI=1S/C20H26N4O5/c1-13(2)11-16(18(26)22-24-12-17(25)21-20(24)28)15(19(27)23-29)10-6-9-14-7-4-3-5-8-14/h3-9,12-13,15-16,25,29H,10-11H2,1-2H3,(H,21,28)(H,22,26)(H,23,27). The first-order chi connectivity index (χ1) is 13.8. The quantitative estimate of drug-likeness (QED) is 0.322. The molecule has 0 saturated carbocycles. The van der Waals surface area contributed by atoms with E-state index < -0.39 is 35.2 Å². The first-order valence-electron chi connectivity index (χ1n) is 9.28. The van der Waals surface area contributed by atoms with Gasteiger partial charge in [0.2, 0.25) is 17.7 Å². The number of carbonyl (C=O) groups is 2. The third-order valence-electron chi connectivity index (χ3n) is 4.43. The maximum Gasteiger partial charge on any atom is 0.347 e. The average Bonchev–Trinajstić information content (AvgIpc) is 3.00. The molecule has 0 saturated heterocycles. The van der Waals surface area contributed by atoms with Gasteiger partial charge in [-0.05, 0) is 24.3 Å². The number of H-pyrrole nitrogens is 1. The first kappa shape index (κ1) is 22.0. The first-order valence-corrected chi connectivity index (χ1v) is 9.28. The molecule has 0 aliphatic rings. The Hall–Kier alpha value is -3.33. The van der Waals surface area contributed by atoms with E-state index >= 15 is 0 Å². The van der Waals surface area contributed by atoms with Crippen molar-refractivity contribution in [2.45, 2.75) is 26.7 Å². The van der Waals surface area contributed by atoms with E-state index in [2.05, 4.69) is 10.4 Å². The molecule has 2 aromatic rings. The molecule has 1 aromatic carbocycles. The Balaban J connectivity index is 2.23. The molecule has 0 bridgehead atoms. The van der Waals surface area contributed by atoms with Crippen LogP contribution in [-0.4, -0.2) is 31.8 Å². The van der Waals surface area contributed by atoms with E-state index in [0.717, 1.165) is 16.4 Å². The highest BCUT2D eigenvalue weighted by molar-refractivity contribution is 5.91. The summed E-state index contributed by atoms with van der Waals surface area (Å²) in [6.45, 7) is 3.81. The molecule has 1 aromatic heterocycles. The maximum atomic E-state index is 12.9. The van der Waals surface area contributed by atoms with Gasteiger partial charge in [0.05, 0.1) is 18.0 Å². The van der Waals surface area contributed by atoms with Crippen molar-refractivity contribution in [1.82, 2.24) is 15.1 Å². The van der Waals surface area contributed by atoms with Gasteiger partial charge in [-0.25, -0.2) is 15.0 Å². The van der Waals surface area contributed by atoms with Crippen LogP contribution >= 0.6 is 0 Å². The molecule has 5 N–H and O–H groups in total. The average molecular weight is 402 g/mol. The van der Waals surface area contributed by atoms with Crippen molar-refractivity contribution >= 4 is 17.9 Å². The van der Waals surface area contributed by atoms with Gasteiger partial charge in [-0.1, -0.05) is 56.3 Å². The van der Waals surface area contributed by atoms with Gasteiger partial charge in [0.15, 0.2) is 0 Å². The summed E-state index contributed by atoms with van der Waals surface area (Å²) in [7, 11) is 0. The molecule has 0 aliphatic carbocycles. The number of imidazole rings is 1. The monoisotopic (exact) mass is 402 g/mol. The molecule has 9 heteroatoms. The Morgan fingerprint density at radius 1 is 1.17 bits per heavy atom. The molecule has 2 unspecified atom stereocenters. The number of amides is 2. The number of benzene rings is 1. The van der Waals surface area contributed by atoms with Crippen LogP contribution in [-0.2, 0) is 9.59 Å². The third kappa shape index (κ3) is 6.35. The van der Waals surface area contributed by atoms with Crippen LogP contribution < -0.4 is 16.6 Å². The Labute approximate surface area is 168 Å². The summed E-state index contributed by atoms with van der Waals surface area (Å²) in [5, 5.41) is 18.5. The van der Waals surface area contributed by atoms with E-state index in [1.165, 1.54) is 0 Å². The van der Waals surface area contributed by atoms with Crippen LogP contribution in [0.2, 0.25) is 0 Å². The Kier molecular flexibility index (Phi) is 7.79. The van der Waals surface area contributed by atoms with E-state index in [1.807, 2.05) is 50.3 Å². The zero-order chi connectivity index (χ0) is 21.4. The second-order valence-electron chi connectivity index (χ2n) is 7.16. The highest BCUT2D eigenvalue weighted by Gasteiger charge is 2.34. The highest BCUT2D eigenvalue weighted by atomic mass is 16.5. The van der Waals surface area contributed by atoms with Crippen LogP contribution in [0.1, 0.15) is 32.3 Å². The molecule has 2 amide bonds. The minimum atomic E-state index is -0.856. The lowest BCUT2D eigenvalue weighted by atomic mass is 9.82. The van der Waals surface area contributed by atoms with Crippen molar-refractivity contribution in [3.8, 4) is 5.88 Å². The van der Waals surface area contributed by atoms with Crippen molar-refractivity contribution in [3.63, 3.8) is 0 Å². The summed E-state index contributed by atoms with van der Waals surface area (Å²) >= 11 is 0. The van der Waals surface area contributed by atoms with E-state index in [4.69, 9.17) is 0 Å². The molecule has 29 heavy (non-hydrogen) atoms. The summed E-state index contributed by atoms with van der Waals surface area (Å²) in [5.74, 6) is -3.24. The second kappa shape index (κ2) is 10.3. The number of nitrogens with one attached hydrogen (secondary N) is 3. The molecule has 0 fully saturated rings. The molecule has 0 radical (unpaired) electrons. The van der Waals surface area contributed by atoms with Gasteiger partial charge in [0, 0.05) is 0 Å². The Morgan fingerprint density at radius 2 is 1.86 bits per heavy atom. The fraction of sp³-hybridized carbons (Fsp3) is 0.350. The number of hydroxylamine groups is 1. The molecular weight excluding hydrogens is 376 g/mol. The smallest absolute Gasteiger partial charge is 0.347 e. The largest absolute Gasteiger partial charge is 0.493 e. The number of hydrogen-bond acceptors (Lipinski definition) is 5. The predicted octanol–water partition coefficient (Wildman–Crippen LogP) is 1.84. The molecule has 156 valence electrons. The van der Waals surface area contributed by atoms with Crippen LogP contribution in [0.25, 0.3) is 6.08 Å². The van der Waals surface area contributed by atoms with Crippen LogP contribution in [0, 0.1) is 17.8 Å². The molecule has 1 heterocycles. The van der Waals surface area contributed by atoms with Crippen LogP contribution in [0.15, 0.2) is 47.4 Å². The minimum Gasteiger partial charge on any atom is -0.493 e. The van der Waals surface area contributed by atoms with Gasteiger partial charge in [0.1, 0.15) is 0 Å². The van der Waals surface area contributed by atoms with E-state index in [9.17, 15) is 24.7 Å². The van der Waals surface area contributed by atoms with E-state index in [0.29, 0.717) is 6.42 Å². The van der Waals surface area contributed by atoms with Gasteiger partial charge >= 0.3 is 5.69 Å². The van der Waals surface area contributed by atoms with Crippen molar-refractivity contribution < 1.29 is 19.9 Å².